The molecular formula is C15H24N2O2. The molecule has 1 unspecified atom stereocenters. The highest BCUT2D eigenvalue weighted by molar-refractivity contribution is 5.41. The second kappa shape index (κ2) is 5.49. The number of hydrogen-bond donors (Lipinski definition) is 2. The average Bonchev–Trinajstić information content (AvgIpc) is 2.37. The summed E-state index contributed by atoms with van der Waals surface area (Å²) in [5.41, 5.74) is 14.5. The molecule has 4 N–H and O–H groups in total. The van der Waals surface area contributed by atoms with Crippen molar-refractivity contribution in [2.24, 2.45) is 16.9 Å². The maximum atomic E-state index is 6.45. The van der Waals surface area contributed by atoms with Gasteiger partial charge >= 0.3 is 0 Å². The van der Waals surface area contributed by atoms with Crippen molar-refractivity contribution in [2.75, 3.05) is 26.9 Å². The van der Waals surface area contributed by atoms with Crippen molar-refractivity contribution in [1.82, 2.24) is 0 Å². The Kier molecular flexibility index (Phi) is 4.13. The van der Waals surface area contributed by atoms with E-state index in [4.69, 9.17) is 20.9 Å². The molecule has 0 spiro atoms. The normalized spacial score (nSPS) is 19.1. The monoisotopic (exact) mass is 264 g/mol. The zero-order chi connectivity index (χ0) is 14.0. The summed E-state index contributed by atoms with van der Waals surface area (Å²) in [6, 6.07) is 6.07. The Balaban J connectivity index is 2.38. The minimum atomic E-state index is -0.153. The van der Waals surface area contributed by atoms with Crippen molar-refractivity contribution in [2.45, 2.75) is 25.8 Å². The maximum Gasteiger partial charge on any atom is 0.123 e. The smallest absolute Gasteiger partial charge is 0.123 e. The molecule has 0 aromatic heterocycles. The molecule has 1 aromatic carbocycles. The van der Waals surface area contributed by atoms with Crippen molar-refractivity contribution in [3.05, 3.63) is 29.3 Å². The molecular weight excluding hydrogens is 240 g/mol. The molecule has 0 radical (unpaired) electrons. The van der Waals surface area contributed by atoms with E-state index < -0.39 is 0 Å². The van der Waals surface area contributed by atoms with Crippen molar-refractivity contribution < 1.29 is 9.47 Å². The molecule has 106 valence electrons. The molecule has 1 saturated heterocycles. The summed E-state index contributed by atoms with van der Waals surface area (Å²) < 4.78 is 10.8. The minimum absolute atomic E-state index is 0.150. The zero-order valence-electron chi connectivity index (χ0n) is 12.0. The lowest BCUT2D eigenvalue weighted by molar-refractivity contribution is -0.121. The second-order valence-electron chi connectivity index (χ2n) is 5.69. The van der Waals surface area contributed by atoms with E-state index in [-0.39, 0.29) is 11.5 Å². The van der Waals surface area contributed by atoms with Gasteiger partial charge in [0.2, 0.25) is 0 Å². The Morgan fingerprint density at radius 2 is 2.05 bits per heavy atom. The predicted molar refractivity (Wildman–Crippen MR) is 76.3 cm³/mol. The summed E-state index contributed by atoms with van der Waals surface area (Å²) in [6.45, 7) is 6.12. The van der Waals surface area contributed by atoms with Crippen LogP contribution in [0.15, 0.2) is 18.2 Å². The standard InChI is InChI=1S/C15H24N2O2/c1-10(2)11-4-5-13(18-3)12(6-11)14(17)15(7-16)8-19-9-15/h4-6,10,14H,7-9,16-17H2,1-3H3. The largest absolute Gasteiger partial charge is 0.496 e. The molecule has 2 rings (SSSR count). The fraction of sp³-hybridized carbons (Fsp3) is 0.600. The molecule has 0 aliphatic carbocycles. The number of nitrogens with two attached hydrogens (primary N) is 2. The molecule has 0 saturated carbocycles. The van der Waals surface area contributed by atoms with Crippen molar-refractivity contribution in [3.63, 3.8) is 0 Å². The molecule has 1 atom stereocenters. The second-order valence-corrected chi connectivity index (χ2v) is 5.69. The summed E-state index contributed by atoms with van der Waals surface area (Å²) in [6.07, 6.45) is 0. The molecule has 4 heteroatoms. The van der Waals surface area contributed by atoms with E-state index in [0.29, 0.717) is 25.7 Å². The Bertz CT molecular complexity index is 436. The van der Waals surface area contributed by atoms with E-state index in [9.17, 15) is 0 Å². The average molecular weight is 264 g/mol. The predicted octanol–water partition coefficient (Wildman–Crippen LogP) is 1.79. The van der Waals surface area contributed by atoms with Gasteiger partial charge in [-0.1, -0.05) is 26.0 Å². The molecule has 4 nitrogen and oxygen atoms in total. The van der Waals surface area contributed by atoms with Crippen LogP contribution >= 0.6 is 0 Å². The van der Waals surface area contributed by atoms with Gasteiger partial charge in [-0.15, -0.1) is 0 Å². The van der Waals surface area contributed by atoms with Crippen LogP contribution in [0.5, 0.6) is 5.75 Å². The van der Waals surface area contributed by atoms with Crippen LogP contribution in [0.25, 0.3) is 0 Å². The Hall–Kier alpha value is -1.10. The molecule has 19 heavy (non-hydrogen) atoms. The number of methoxy groups -OCH3 is 1. The van der Waals surface area contributed by atoms with Gasteiger partial charge in [0.1, 0.15) is 5.75 Å². The number of rotatable bonds is 5. The highest BCUT2D eigenvalue weighted by Gasteiger charge is 2.44. The fourth-order valence-electron chi connectivity index (χ4n) is 2.47. The first-order valence-corrected chi connectivity index (χ1v) is 6.75. The van der Waals surface area contributed by atoms with Crippen LogP contribution in [0.1, 0.15) is 36.9 Å². The molecule has 1 aliphatic rings. The summed E-state index contributed by atoms with van der Waals surface area (Å²) in [5, 5.41) is 0. The van der Waals surface area contributed by atoms with Gasteiger partial charge in [0.15, 0.2) is 0 Å². The summed E-state index contributed by atoms with van der Waals surface area (Å²) in [4.78, 5) is 0. The van der Waals surface area contributed by atoms with Gasteiger partial charge < -0.3 is 20.9 Å². The molecule has 0 bridgehead atoms. The van der Waals surface area contributed by atoms with E-state index in [2.05, 4.69) is 26.0 Å². The Morgan fingerprint density at radius 1 is 1.37 bits per heavy atom. The molecule has 1 aromatic rings. The van der Waals surface area contributed by atoms with Gasteiger partial charge in [-0.05, 0) is 17.5 Å². The van der Waals surface area contributed by atoms with E-state index in [1.165, 1.54) is 5.56 Å². The first-order chi connectivity index (χ1) is 9.04. The van der Waals surface area contributed by atoms with Gasteiger partial charge in [0, 0.05) is 23.6 Å². The SMILES string of the molecule is COc1ccc(C(C)C)cc1C(N)C1(CN)COC1. The van der Waals surface area contributed by atoms with Gasteiger partial charge in [0.25, 0.3) is 0 Å². The van der Waals surface area contributed by atoms with E-state index in [0.717, 1.165) is 11.3 Å². The molecule has 1 fully saturated rings. The van der Waals surface area contributed by atoms with Crippen LogP contribution in [0.2, 0.25) is 0 Å². The topological polar surface area (TPSA) is 70.5 Å². The van der Waals surface area contributed by atoms with E-state index in [1.807, 2.05) is 6.07 Å². The van der Waals surface area contributed by atoms with Crippen LogP contribution in [-0.2, 0) is 4.74 Å². The molecule has 0 amide bonds. The van der Waals surface area contributed by atoms with Gasteiger partial charge in [-0.3, -0.25) is 0 Å². The van der Waals surface area contributed by atoms with E-state index >= 15 is 0 Å². The van der Waals surface area contributed by atoms with Crippen molar-refractivity contribution in [3.8, 4) is 5.75 Å². The van der Waals surface area contributed by atoms with Crippen LogP contribution in [0.3, 0.4) is 0 Å². The van der Waals surface area contributed by atoms with Crippen molar-refractivity contribution >= 4 is 0 Å². The van der Waals surface area contributed by atoms with Crippen LogP contribution in [0, 0.1) is 5.41 Å². The minimum Gasteiger partial charge on any atom is -0.496 e. The lowest BCUT2D eigenvalue weighted by Gasteiger charge is -2.45. The highest BCUT2D eigenvalue weighted by Crippen LogP contribution is 2.41. The van der Waals surface area contributed by atoms with Gasteiger partial charge in [-0.25, -0.2) is 0 Å². The van der Waals surface area contributed by atoms with Crippen LogP contribution in [-0.4, -0.2) is 26.9 Å². The number of hydrogen-bond acceptors (Lipinski definition) is 4. The Labute approximate surface area is 115 Å². The van der Waals surface area contributed by atoms with Crippen LogP contribution < -0.4 is 16.2 Å². The lowest BCUT2D eigenvalue weighted by Crippen LogP contribution is -2.55. The molecule has 1 heterocycles. The van der Waals surface area contributed by atoms with Gasteiger partial charge in [-0.2, -0.15) is 0 Å². The fourth-order valence-corrected chi connectivity index (χ4v) is 2.47. The highest BCUT2D eigenvalue weighted by atomic mass is 16.5. The van der Waals surface area contributed by atoms with Crippen LogP contribution in [0.4, 0.5) is 0 Å². The van der Waals surface area contributed by atoms with Gasteiger partial charge in [0.05, 0.1) is 20.3 Å². The summed E-state index contributed by atoms with van der Waals surface area (Å²) >= 11 is 0. The zero-order valence-corrected chi connectivity index (χ0v) is 12.0. The summed E-state index contributed by atoms with van der Waals surface area (Å²) in [5.74, 6) is 1.29. The number of ether oxygens (including phenoxy) is 2. The third-order valence-corrected chi connectivity index (χ3v) is 4.10. The maximum absolute atomic E-state index is 6.45. The third kappa shape index (κ3) is 2.48. The molecule has 1 aliphatic heterocycles. The van der Waals surface area contributed by atoms with E-state index in [1.54, 1.807) is 7.11 Å². The quantitative estimate of drug-likeness (QED) is 0.850. The Morgan fingerprint density at radius 3 is 2.47 bits per heavy atom. The first kappa shape index (κ1) is 14.3. The lowest BCUT2D eigenvalue weighted by atomic mass is 9.75. The summed E-state index contributed by atoms with van der Waals surface area (Å²) in [7, 11) is 1.67. The third-order valence-electron chi connectivity index (χ3n) is 4.10. The van der Waals surface area contributed by atoms with Crippen molar-refractivity contribution in [1.29, 1.82) is 0 Å². The first-order valence-electron chi connectivity index (χ1n) is 6.75. The number of benzene rings is 1.